The van der Waals surface area contributed by atoms with E-state index in [1.165, 1.54) is 0 Å². The molecule has 0 aromatic heterocycles. The molecular weight excluding hydrogens is 226 g/mol. The zero-order chi connectivity index (χ0) is 12.2. The summed E-state index contributed by atoms with van der Waals surface area (Å²) in [4.78, 5) is 0.331. The van der Waals surface area contributed by atoms with Gasteiger partial charge in [-0.15, -0.1) is 0 Å². The maximum absolute atomic E-state index is 11.5. The lowest BCUT2D eigenvalue weighted by Crippen LogP contribution is -2.19. The molecule has 0 saturated heterocycles. The molecule has 0 bridgehead atoms. The Labute approximate surface area is 96.2 Å². The average molecular weight is 243 g/mol. The fraction of sp³-hybridized carbons (Fsp3) is 0.455. The van der Waals surface area contributed by atoms with Crippen molar-refractivity contribution in [3.8, 4) is 0 Å². The summed E-state index contributed by atoms with van der Waals surface area (Å²) in [5, 5.41) is 11.9. The van der Waals surface area contributed by atoms with Crippen molar-refractivity contribution in [2.45, 2.75) is 24.8 Å². The standard InChI is InChI=1S/C11H17NO3S/c1-3-16(14,15)11-6-4-10(5-7-11)12-9(2)8-13/h4-7,9,12-13H,3,8H2,1-2H3. The van der Waals surface area contributed by atoms with Crippen LogP contribution in [0.3, 0.4) is 0 Å². The topological polar surface area (TPSA) is 66.4 Å². The Morgan fingerprint density at radius 2 is 1.88 bits per heavy atom. The van der Waals surface area contributed by atoms with Crippen molar-refractivity contribution in [1.29, 1.82) is 0 Å². The van der Waals surface area contributed by atoms with E-state index in [2.05, 4.69) is 5.32 Å². The molecule has 2 N–H and O–H groups in total. The molecule has 0 radical (unpaired) electrons. The van der Waals surface area contributed by atoms with E-state index >= 15 is 0 Å². The van der Waals surface area contributed by atoms with Gasteiger partial charge in [-0.25, -0.2) is 8.42 Å². The highest BCUT2D eigenvalue weighted by Gasteiger charge is 2.10. The first kappa shape index (κ1) is 13.0. The first-order valence-electron chi connectivity index (χ1n) is 5.20. The van der Waals surface area contributed by atoms with E-state index in [-0.39, 0.29) is 18.4 Å². The summed E-state index contributed by atoms with van der Waals surface area (Å²) >= 11 is 0. The lowest BCUT2D eigenvalue weighted by molar-refractivity contribution is 0.281. The van der Waals surface area contributed by atoms with Gasteiger partial charge < -0.3 is 10.4 Å². The quantitative estimate of drug-likeness (QED) is 0.817. The van der Waals surface area contributed by atoms with E-state index in [1.54, 1.807) is 31.2 Å². The third kappa shape index (κ3) is 3.21. The summed E-state index contributed by atoms with van der Waals surface area (Å²) in [6.07, 6.45) is 0. The van der Waals surface area contributed by atoms with Crippen LogP contribution in [0.4, 0.5) is 5.69 Å². The highest BCUT2D eigenvalue weighted by molar-refractivity contribution is 7.91. The molecule has 1 unspecified atom stereocenters. The summed E-state index contributed by atoms with van der Waals surface area (Å²) in [6, 6.07) is 6.51. The van der Waals surface area contributed by atoms with E-state index in [4.69, 9.17) is 5.11 Å². The number of hydrogen-bond acceptors (Lipinski definition) is 4. The predicted octanol–water partition coefficient (Wildman–Crippen LogP) is 1.27. The molecular formula is C11H17NO3S. The second-order valence-electron chi connectivity index (χ2n) is 3.66. The lowest BCUT2D eigenvalue weighted by atomic mass is 10.3. The van der Waals surface area contributed by atoms with E-state index in [1.807, 2.05) is 6.92 Å². The number of aliphatic hydroxyl groups is 1. The van der Waals surface area contributed by atoms with Crippen molar-refractivity contribution in [3.63, 3.8) is 0 Å². The molecule has 1 atom stereocenters. The second kappa shape index (κ2) is 5.32. The van der Waals surface area contributed by atoms with Crippen LogP contribution in [0.25, 0.3) is 0 Å². The molecule has 1 aromatic rings. The molecule has 0 aliphatic heterocycles. The van der Waals surface area contributed by atoms with Crippen molar-refractivity contribution >= 4 is 15.5 Å². The van der Waals surface area contributed by atoms with Crippen LogP contribution < -0.4 is 5.32 Å². The summed E-state index contributed by atoms with van der Waals surface area (Å²) in [7, 11) is -3.13. The van der Waals surface area contributed by atoms with E-state index in [0.29, 0.717) is 4.90 Å². The second-order valence-corrected chi connectivity index (χ2v) is 5.93. The van der Waals surface area contributed by atoms with Gasteiger partial charge >= 0.3 is 0 Å². The van der Waals surface area contributed by atoms with E-state index in [0.717, 1.165) is 5.69 Å². The highest BCUT2D eigenvalue weighted by Crippen LogP contribution is 2.15. The van der Waals surface area contributed by atoms with Crippen molar-refractivity contribution in [2.24, 2.45) is 0 Å². The van der Waals surface area contributed by atoms with Gasteiger partial charge in [-0.1, -0.05) is 6.92 Å². The normalized spacial score (nSPS) is 13.4. The van der Waals surface area contributed by atoms with Gasteiger partial charge in [0.1, 0.15) is 0 Å². The maximum Gasteiger partial charge on any atom is 0.178 e. The number of aliphatic hydroxyl groups excluding tert-OH is 1. The molecule has 0 heterocycles. The van der Waals surface area contributed by atoms with Gasteiger partial charge in [-0.3, -0.25) is 0 Å². The molecule has 1 rings (SSSR count). The number of nitrogens with one attached hydrogen (secondary N) is 1. The summed E-state index contributed by atoms with van der Waals surface area (Å²) in [5.74, 6) is 0.104. The highest BCUT2D eigenvalue weighted by atomic mass is 32.2. The zero-order valence-corrected chi connectivity index (χ0v) is 10.3. The Bertz CT molecular complexity index is 425. The third-order valence-corrected chi connectivity index (χ3v) is 4.03. The van der Waals surface area contributed by atoms with E-state index in [9.17, 15) is 8.42 Å². The SMILES string of the molecule is CCS(=O)(=O)c1ccc(NC(C)CO)cc1. The van der Waals surface area contributed by atoms with Crippen LogP contribution in [0, 0.1) is 0 Å². The first-order valence-corrected chi connectivity index (χ1v) is 6.85. The van der Waals surface area contributed by atoms with Crippen LogP contribution in [0.5, 0.6) is 0 Å². The molecule has 0 spiro atoms. The third-order valence-electron chi connectivity index (χ3n) is 2.28. The summed E-state index contributed by atoms with van der Waals surface area (Å²) in [6.45, 7) is 3.50. The number of anilines is 1. The fourth-order valence-electron chi connectivity index (χ4n) is 1.26. The van der Waals surface area contributed by atoms with Crippen LogP contribution in [0.15, 0.2) is 29.2 Å². The van der Waals surface area contributed by atoms with Gasteiger partial charge in [0.05, 0.1) is 17.3 Å². The molecule has 16 heavy (non-hydrogen) atoms. The van der Waals surface area contributed by atoms with Crippen LogP contribution in [0.2, 0.25) is 0 Å². The Morgan fingerprint density at radius 3 is 2.31 bits per heavy atom. The number of sulfone groups is 1. The maximum atomic E-state index is 11.5. The van der Waals surface area contributed by atoms with Crippen molar-refractivity contribution in [2.75, 3.05) is 17.7 Å². The monoisotopic (exact) mass is 243 g/mol. The molecule has 90 valence electrons. The van der Waals surface area contributed by atoms with Gasteiger partial charge in [-0.2, -0.15) is 0 Å². The fourth-order valence-corrected chi connectivity index (χ4v) is 2.14. The molecule has 1 aromatic carbocycles. The minimum Gasteiger partial charge on any atom is -0.394 e. The lowest BCUT2D eigenvalue weighted by Gasteiger charge is -2.12. The predicted molar refractivity (Wildman–Crippen MR) is 64.3 cm³/mol. The van der Waals surface area contributed by atoms with Crippen LogP contribution in [0.1, 0.15) is 13.8 Å². The summed E-state index contributed by atoms with van der Waals surface area (Å²) < 4.78 is 23.1. The van der Waals surface area contributed by atoms with Gasteiger partial charge in [0.25, 0.3) is 0 Å². The minimum absolute atomic E-state index is 0.0367. The molecule has 4 nitrogen and oxygen atoms in total. The van der Waals surface area contributed by atoms with Crippen molar-refractivity contribution < 1.29 is 13.5 Å². The Morgan fingerprint density at radius 1 is 1.31 bits per heavy atom. The van der Waals surface area contributed by atoms with Gasteiger partial charge in [0, 0.05) is 11.7 Å². The van der Waals surface area contributed by atoms with Crippen LogP contribution in [-0.2, 0) is 9.84 Å². The van der Waals surface area contributed by atoms with Gasteiger partial charge in [0.15, 0.2) is 9.84 Å². The van der Waals surface area contributed by atoms with Crippen LogP contribution >= 0.6 is 0 Å². The average Bonchev–Trinajstić information content (AvgIpc) is 2.29. The smallest absolute Gasteiger partial charge is 0.178 e. The largest absolute Gasteiger partial charge is 0.394 e. The van der Waals surface area contributed by atoms with Crippen molar-refractivity contribution in [3.05, 3.63) is 24.3 Å². The van der Waals surface area contributed by atoms with Crippen molar-refractivity contribution in [1.82, 2.24) is 0 Å². The number of hydrogen-bond donors (Lipinski definition) is 2. The minimum atomic E-state index is -3.13. The molecule has 0 fully saturated rings. The van der Waals surface area contributed by atoms with Gasteiger partial charge in [0.2, 0.25) is 0 Å². The zero-order valence-electron chi connectivity index (χ0n) is 9.47. The molecule has 0 aliphatic rings. The number of benzene rings is 1. The molecule has 0 saturated carbocycles. The summed E-state index contributed by atoms with van der Waals surface area (Å²) in [5.41, 5.74) is 0.802. The van der Waals surface area contributed by atoms with Gasteiger partial charge in [-0.05, 0) is 31.2 Å². The Kier molecular flexibility index (Phi) is 4.32. The Hall–Kier alpha value is -1.07. The molecule has 5 heteroatoms. The number of rotatable bonds is 5. The molecule has 0 amide bonds. The molecule has 0 aliphatic carbocycles. The Balaban J connectivity index is 2.84. The first-order chi connectivity index (χ1) is 7.49. The van der Waals surface area contributed by atoms with E-state index < -0.39 is 9.84 Å². The van der Waals surface area contributed by atoms with Crippen LogP contribution in [-0.4, -0.2) is 31.9 Å².